The summed E-state index contributed by atoms with van der Waals surface area (Å²) >= 11 is 0. The Morgan fingerprint density at radius 3 is 2.62 bits per heavy atom. The maximum absolute atomic E-state index is 12.7. The van der Waals surface area contributed by atoms with Gasteiger partial charge in [-0.25, -0.2) is 8.42 Å². The molecule has 1 saturated heterocycles. The van der Waals surface area contributed by atoms with Crippen LogP contribution in [0.2, 0.25) is 0 Å². The number of alkyl halides is 3. The number of anilines is 1. The van der Waals surface area contributed by atoms with Crippen molar-refractivity contribution < 1.29 is 31.3 Å². The number of halogens is 3. The van der Waals surface area contributed by atoms with Gasteiger partial charge in [0.05, 0.1) is 15.7 Å². The Morgan fingerprint density at radius 2 is 2.03 bits per heavy atom. The first-order valence-corrected chi connectivity index (χ1v) is 10.9. The van der Waals surface area contributed by atoms with Crippen LogP contribution in [0.1, 0.15) is 31.2 Å². The largest absolute Gasteiger partial charge is 0.416 e. The number of carbonyl (C=O) groups is 1. The van der Waals surface area contributed by atoms with Gasteiger partial charge in [-0.3, -0.25) is 14.9 Å². The Balaban J connectivity index is 2.02. The Morgan fingerprint density at radius 1 is 1.34 bits per heavy atom. The van der Waals surface area contributed by atoms with Crippen LogP contribution in [0.25, 0.3) is 0 Å². The van der Waals surface area contributed by atoms with E-state index in [1.807, 2.05) is 0 Å². The van der Waals surface area contributed by atoms with Crippen molar-refractivity contribution in [1.29, 1.82) is 0 Å². The summed E-state index contributed by atoms with van der Waals surface area (Å²) in [5.74, 6) is -0.317. The van der Waals surface area contributed by atoms with Crippen molar-refractivity contribution in [2.75, 3.05) is 31.2 Å². The maximum Gasteiger partial charge on any atom is 0.416 e. The molecule has 8 nitrogen and oxygen atoms in total. The van der Waals surface area contributed by atoms with Crippen LogP contribution in [0.15, 0.2) is 18.2 Å². The van der Waals surface area contributed by atoms with E-state index in [0.29, 0.717) is 31.9 Å². The standard InChI is InChI=1S/C17H22F3N3O5S/c1-29(27,28)13-4-2-3-9-22(11-13)16(24)7-8-21-14-6-5-12(17(18,19)20)10-15(14)23(25)26/h5-6,10,13,21H,2-4,7-9,11H2,1H3/t13-/m0/s1. The fourth-order valence-electron chi connectivity index (χ4n) is 3.15. The van der Waals surface area contributed by atoms with Crippen LogP contribution in [0, 0.1) is 10.1 Å². The van der Waals surface area contributed by atoms with Crippen molar-refractivity contribution in [2.45, 2.75) is 37.1 Å². The van der Waals surface area contributed by atoms with E-state index in [-0.39, 0.29) is 31.1 Å². The van der Waals surface area contributed by atoms with Crippen molar-refractivity contribution in [3.05, 3.63) is 33.9 Å². The molecule has 2 rings (SSSR count). The third-order valence-corrected chi connectivity index (χ3v) is 6.36. The SMILES string of the molecule is CS(=O)(=O)[C@H]1CCCCN(C(=O)CCNc2ccc(C(F)(F)F)cc2[N+](=O)[O-])C1. The summed E-state index contributed by atoms with van der Waals surface area (Å²) in [6.45, 7) is 0.481. The predicted molar refractivity (Wildman–Crippen MR) is 100 cm³/mol. The summed E-state index contributed by atoms with van der Waals surface area (Å²) in [5, 5.41) is 13.1. The van der Waals surface area contributed by atoms with E-state index in [9.17, 15) is 36.5 Å². The number of amides is 1. The molecule has 0 radical (unpaired) electrons. The number of rotatable bonds is 6. The average Bonchev–Trinajstić information content (AvgIpc) is 2.87. The van der Waals surface area contributed by atoms with Crippen molar-refractivity contribution >= 4 is 27.1 Å². The lowest BCUT2D eigenvalue weighted by Crippen LogP contribution is -2.39. The average molecular weight is 437 g/mol. The zero-order chi connectivity index (χ0) is 21.8. The molecule has 1 aromatic carbocycles. The molecule has 29 heavy (non-hydrogen) atoms. The number of hydrogen-bond donors (Lipinski definition) is 1. The second-order valence-corrected chi connectivity index (χ2v) is 9.28. The maximum atomic E-state index is 12.7. The predicted octanol–water partition coefficient (Wildman–Crippen LogP) is 2.84. The van der Waals surface area contributed by atoms with Gasteiger partial charge in [-0.15, -0.1) is 0 Å². The lowest BCUT2D eigenvalue weighted by Gasteiger charge is -2.24. The second kappa shape index (κ2) is 8.97. The van der Waals surface area contributed by atoms with E-state index in [1.54, 1.807) is 0 Å². The number of nitro groups is 1. The van der Waals surface area contributed by atoms with Crippen molar-refractivity contribution in [3.8, 4) is 0 Å². The Bertz CT molecular complexity index is 874. The van der Waals surface area contributed by atoms with Gasteiger partial charge in [0.2, 0.25) is 5.91 Å². The minimum Gasteiger partial charge on any atom is -0.379 e. The van der Waals surface area contributed by atoms with Gasteiger partial charge in [0.15, 0.2) is 9.84 Å². The van der Waals surface area contributed by atoms with Gasteiger partial charge in [-0.1, -0.05) is 6.42 Å². The van der Waals surface area contributed by atoms with Crippen molar-refractivity contribution in [1.82, 2.24) is 4.90 Å². The molecule has 1 N–H and O–H groups in total. The smallest absolute Gasteiger partial charge is 0.379 e. The second-order valence-electron chi connectivity index (χ2n) is 6.95. The zero-order valence-electron chi connectivity index (χ0n) is 15.7. The van der Waals surface area contributed by atoms with E-state index in [1.165, 1.54) is 4.90 Å². The molecular formula is C17H22F3N3O5S. The molecule has 1 aliphatic rings. The fourth-order valence-corrected chi connectivity index (χ4v) is 4.20. The quantitative estimate of drug-likeness (QED) is 0.541. The zero-order valence-corrected chi connectivity index (χ0v) is 16.6. The Labute approximate surface area is 166 Å². The Hall–Kier alpha value is -2.37. The number of hydrogen-bond acceptors (Lipinski definition) is 6. The molecule has 0 bridgehead atoms. The number of nitrogens with one attached hydrogen (secondary N) is 1. The molecule has 0 unspecified atom stereocenters. The lowest BCUT2D eigenvalue weighted by molar-refractivity contribution is -0.384. The molecule has 1 aromatic rings. The van der Waals surface area contributed by atoms with E-state index in [0.717, 1.165) is 18.4 Å². The highest BCUT2D eigenvalue weighted by atomic mass is 32.2. The van der Waals surface area contributed by atoms with E-state index >= 15 is 0 Å². The van der Waals surface area contributed by atoms with E-state index < -0.39 is 37.4 Å². The minimum atomic E-state index is -4.71. The summed E-state index contributed by atoms with van der Waals surface area (Å²) in [6, 6.07) is 2.12. The lowest BCUT2D eigenvalue weighted by atomic mass is 10.1. The van der Waals surface area contributed by atoms with E-state index in [4.69, 9.17) is 0 Å². The summed E-state index contributed by atoms with van der Waals surface area (Å²) in [4.78, 5) is 24.0. The minimum absolute atomic E-state index is 0.0366. The molecule has 0 aliphatic carbocycles. The molecule has 0 saturated carbocycles. The van der Waals surface area contributed by atoms with Gasteiger partial charge in [0.1, 0.15) is 5.69 Å². The molecule has 162 valence electrons. The molecule has 1 fully saturated rings. The first-order chi connectivity index (χ1) is 13.4. The highest BCUT2D eigenvalue weighted by Crippen LogP contribution is 2.34. The molecule has 1 amide bonds. The van der Waals surface area contributed by atoms with Gasteiger partial charge in [-0.2, -0.15) is 13.2 Å². The summed E-state index contributed by atoms with van der Waals surface area (Å²) < 4.78 is 61.8. The number of likely N-dealkylation sites (tertiary alicyclic amines) is 1. The number of benzene rings is 1. The number of nitrogens with zero attached hydrogens (tertiary/aromatic N) is 2. The third-order valence-electron chi connectivity index (χ3n) is 4.76. The van der Waals surface area contributed by atoms with Gasteiger partial charge >= 0.3 is 6.18 Å². The fraction of sp³-hybridized carbons (Fsp3) is 0.588. The molecule has 1 atom stereocenters. The van der Waals surface area contributed by atoms with Crippen molar-refractivity contribution in [3.63, 3.8) is 0 Å². The van der Waals surface area contributed by atoms with Crippen LogP contribution < -0.4 is 5.32 Å². The monoisotopic (exact) mass is 437 g/mol. The van der Waals surface area contributed by atoms with E-state index in [2.05, 4.69) is 5.32 Å². The molecule has 0 aromatic heterocycles. The first kappa shape index (κ1) is 22.9. The number of carbonyl (C=O) groups excluding carboxylic acids is 1. The van der Waals surface area contributed by atoms with Crippen LogP contribution in [0.4, 0.5) is 24.5 Å². The van der Waals surface area contributed by atoms with Gasteiger partial charge in [0, 0.05) is 38.4 Å². The van der Waals surface area contributed by atoms with Crippen molar-refractivity contribution in [2.24, 2.45) is 0 Å². The Kier molecular flexibility index (Phi) is 7.09. The normalized spacial score (nSPS) is 18.2. The van der Waals surface area contributed by atoms with Gasteiger partial charge in [0.25, 0.3) is 5.69 Å². The summed E-state index contributed by atoms with van der Waals surface area (Å²) in [7, 11) is -3.29. The summed E-state index contributed by atoms with van der Waals surface area (Å²) in [5.41, 5.74) is -2.00. The van der Waals surface area contributed by atoms with Crippen LogP contribution in [-0.4, -0.2) is 55.3 Å². The molecule has 12 heteroatoms. The van der Waals surface area contributed by atoms with Crippen LogP contribution >= 0.6 is 0 Å². The summed E-state index contributed by atoms with van der Waals surface area (Å²) in [6.07, 6.45) is -1.79. The number of sulfone groups is 1. The third kappa shape index (κ3) is 6.31. The van der Waals surface area contributed by atoms with Crippen LogP contribution in [-0.2, 0) is 20.8 Å². The highest BCUT2D eigenvalue weighted by Gasteiger charge is 2.33. The van der Waals surface area contributed by atoms with Gasteiger partial charge in [-0.05, 0) is 25.0 Å². The van der Waals surface area contributed by atoms with Gasteiger partial charge < -0.3 is 10.2 Å². The molecule has 1 aliphatic heterocycles. The number of nitro benzene ring substituents is 1. The topological polar surface area (TPSA) is 110 Å². The molecule has 1 heterocycles. The molecular weight excluding hydrogens is 415 g/mol. The molecule has 0 spiro atoms. The highest BCUT2D eigenvalue weighted by molar-refractivity contribution is 7.91. The van der Waals surface area contributed by atoms with Crippen LogP contribution in [0.5, 0.6) is 0 Å². The first-order valence-electron chi connectivity index (χ1n) is 8.95. The van der Waals surface area contributed by atoms with Crippen LogP contribution in [0.3, 0.4) is 0 Å².